The summed E-state index contributed by atoms with van der Waals surface area (Å²) in [5.41, 5.74) is 8.40. The fourth-order valence-corrected chi connectivity index (χ4v) is 7.89. The number of aromatic amines is 2. The molecule has 1 aliphatic heterocycles. The molecule has 2 aromatic carbocycles. The van der Waals surface area contributed by atoms with E-state index in [0.717, 1.165) is 35.7 Å². The SMILES string of the molecule is NC(=O)[C@H](Cc1c[nH]c2ccccc12)NC(=O)[C@@H]1CCNC(=O)CC[C@H](NC(=O)C2CCCCC2)C(=O)N[C@@H](Cc2c[nH]cn2)C(=O)N[C@H](Cc2ccccc2)C(=O)NCC(=O)N1. The van der Waals surface area contributed by atoms with Crippen LogP contribution in [-0.2, 0) is 57.6 Å². The number of imidazole rings is 1. The Morgan fingerprint density at radius 3 is 2.22 bits per heavy atom. The van der Waals surface area contributed by atoms with Crippen molar-refractivity contribution in [2.75, 3.05) is 13.1 Å². The molecule has 1 saturated carbocycles. The van der Waals surface area contributed by atoms with Gasteiger partial charge in [0.15, 0.2) is 0 Å². The first-order valence-corrected chi connectivity index (χ1v) is 21.3. The molecule has 4 aromatic rings. The molecule has 0 spiro atoms. The van der Waals surface area contributed by atoms with Crippen LogP contribution < -0.4 is 43.0 Å². The molecule has 5 atom stereocenters. The fourth-order valence-electron chi connectivity index (χ4n) is 7.89. The van der Waals surface area contributed by atoms with Crippen LogP contribution in [-0.4, -0.2) is 106 Å². The minimum Gasteiger partial charge on any atom is -0.368 e. The maximum absolute atomic E-state index is 14.1. The third-order valence-electron chi connectivity index (χ3n) is 11.4. The number of hydrogen-bond donors (Lipinski definition) is 10. The zero-order chi connectivity index (χ0) is 44.7. The van der Waals surface area contributed by atoms with Gasteiger partial charge in [-0.05, 0) is 42.9 Å². The Morgan fingerprint density at radius 2 is 1.48 bits per heavy atom. The predicted octanol–water partition coefficient (Wildman–Crippen LogP) is -0.175. The van der Waals surface area contributed by atoms with Gasteiger partial charge in [0, 0.05) is 61.4 Å². The van der Waals surface area contributed by atoms with Gasteiger partial charge in [0.25, 0.3) is 0 Å². The van der Waals surface area contributed by atoms with Crippen LogP contribution in [0.1, 0.15) is 68.2 Å². The lowest BCUT2D eigenvalue weighted by molar-refractivity contribution is -0.135. The van der Waals surface area contributed by atoms with E-state index in [2.05, 4.69) is 52.2 Å². The van der Waals surface area contributed by atoms with Crippen LogP contribution >= 0.6 is 0 Å². The molecular weight excluding hydrogens is 811 g/mol. The number of fused-ring (bicyclic) bond motifs is 1. The minimum absolute atomic E-state index is 0.00687. The molecule has 63 heavy (non-hydrogen) atoms. The topological polar surface area (TPSA) is 291 Å². The number of nitrogens with one attached hydrogen (secondary N) is 9. The smallest absolute Gasteiger partial charge is 0.243 e. The normalized spacial score (nSPS) is 21.8. The summed E-state index contributed by atoms with van der Waals surface area (Å²) in [5.74, 6) is -5.70. The lowest BCUT2D eigenvalue weighted by atomic mass is 9.88. The second-order valence-corrected chi connectivity index (χ2v) is 16.0. The molecule has 0 unspecified atom stereocenters. The van der Waals surface area contributed by atoms with Gasteiger partial charge < -0.3 is 52.9 Å². The number of carbonyl (C=O) groups is 8. The summed E-state index contributed by atoms with van der Waals surface area (Å²) >= 11 is 0. The molecule has 2 aliphatic rings. The van der Waals surface area contributed by atoms with Gasteiger partial charge in [-0.1, -0.05) is 67.8 Å². The highest BCUT2D eigenvalue weighted by atomic mass is 16.2. The molecule has 6 rings (SSSR count). The summed E-state index contributed by atoms with van der Waals surface area (Å²) in [6.45, 7) is -0.734. The summed E-state index contributed by atoms with van der Waals surface area (Å²) < 4.78 is 0. The molecule has 19 nitrogen and oxygen atoms in total. The molecule has 2 aromatic heterocycles. The molecule has 1 aliphatic carbocycles. The number of nitrogens with zero attached hydrogens (tertiary/aromatic N) is 1. The van der Waals surface area contributed by atoms with Crippen LogP contribution in [0.4, 0.5) is 0 Å². The maximum atomic E-state index is 14.1. The first-order valence-electron chi connectivity index (χ1n) is 21.3. The van der Waals surface area contributed by atoms with E-state index >= 15 is 0 Å². The first-order chi connectivity index (χ1) is 30.4. The van der Waals surface area contributed by atoms with Gasteiger partial charge in [-0.2, -0.15) is 0 Å². The van der Waals surface area contributed by atoms with E-state index in [4.69, 9.17) is 5.73 Å². The van der Waals surface area contributed by atoms with Gasteiger partial charge >= 0.3 is 0 Å². The van der Waals surface area contributed by atoms with Crippen LogP contribution in [0.15, 0.2) is 73.3 Å². The molecule has 2 fully saturated rings. The number of aromatic nitrogens is 3. The highest BCUT2D eigenvalue weighted by molar-refractivity contribution is 5.97. The molecule has 334 valence electrons. The number of primary amides is 1. The predicted molar refractivity (Wildman–Crippen MR) is 230 cm³/mol. The first kappa shape index (κ1) is 45.5. The number of rotatable bonds is 11. The van der Waals surface area contributed by atoms with Crippen LogP contribution in [0.5, 0.6) is 0 Å². The third-order valence-corrected chi connectivity index (χ3v) is 11.4. The summed E-state index contributed by atoms with van der Waals surface area (Å²) in [7, 11) is 0. The Morgan fingerprint density at radius 1 is 0.746 bits per heavy atom. The number of hydrogen-bond acceptors (Lipinski definition) is 9. The molecule has 3 heterocycles. The van der Waals surface area contributed by atoms with Crippen molar-refractivity contribution in [2.24, 2.45) is 11.7 Å². The van der Waals surface area contributed by atoms with Crippen LogP contribution in [0.2, 0.25) is 0 Å². The molecule has 0 radical (unpaired) electrons. The Hall–Kier alpha value is -7.05. The Labute approximate surface area is 363 Å². The summed E-state index contributed by atoms with van der Waals surface area (Å²) in [6.07, 6.45) is 8.20. The number of benzene rings is 2. The zero-order valence-electron chi connectivity index (χ0n) is 34.9. The molecule has 19 heteroatoms. The molecule has 11 N–H and O–H groups in total. The quantitative estimate of drug-likeness (QED) is 0.0956. The van der Waals surface area contributed by atoms with Crippen molar-refractivity contribution in [2.45, 2.75) is 101 Å². The van der Waals surface area contributed by atoms with Crippen molar-refractivity contribution in [1.82, 2.24) is 52.2 Å². The summed E-state index contributed by atoms with van der Waals surface area (Å²) in [6, 6.07) is 10.0. The monoisotopic (exact) mass is 865 g/mol. The van der Waals surface area contributed by atoms with E-state index in [-0.39, 0.29) is 56.9 Å². The van der Waals surface area contributed by atoms with Gasteiger partial charge in [0.05, 0.1) is 18.6 Å². The highest BCUT2D eigenvalue weighted by Gasteiger charge is 2.33. The van der Waals surface area contributed by atoms with E-state index in [9.17, 15) is 38.4 Å². The van der Waals surface area contributed by atoms with Crippen molar-refractivity contribution in [1.29, 1.82) is 0 Å². The maximum Gasteiger partial charge on any atom is 0.243 e. The van der Waals surface area contributed by atoms with Crippen LogP contribution in [0.3, 0.4) is 0 Å². The third kappa shape index (κ3) is 13.2. The number of H-pyrrole nitrogens is 2. The second-order valence-electron chi connectivity index (χ2n) is 16.0. The van der Waals surface area contributed by atoms with Gasteiger partial charge in [0.2, 0.25) is 47.3 Å². The zero-order valence-corrected chi connectivity index (χ0v) is 34.9. The minimum atomic E-state index is -1.31. The number of carbonyl (C=O) groups excluding carboxylic acids is 8. The van der Waals surface area contributed by atoms with Crippen molar-refractivity contribution < 1.29 is 38.4 Å². The Balaban J connectivity index is 1.24. The molecule has 1 saturated heterocycles. The van der Waals surface area contributed by atoms with Crippen molar-refractivity contribution in [3.63, 3.8) is 0 Å². The standard InChI is InChI=1S/C44H55N11O8/c45-39(58)34(20-28-22-48-31-14-8-7-13-30(28)31)53-43(62)33-17-18-47-37(56)16-15-32(52-40(59)27-11-5-2-6-12-27)42(61)55-36(21-29-23-46-25-50-29)44(63)54-35(19-26-9-3-1-4-10-26)41(60)49-24-38(57)51-33/h1,3-4,7-10,13-14,22-23,25,27,32-36,48H,2,5-6,11-12,15-21,24H2,(H2,45,58)(H,46,50)(H,47,56)(H,49,60)(H,51,57)(H,52,59)(H,53,62)(H,54,63)(H,55,61)/t32-,33-,34-,35+,36-/m0/s1. The number of para-hydroxylation sites is 1. The van der Waals surface area contributed by atoms with Crippen molar-refractivity contribution in [3.8, 4) is 0 Å². The van der Waals surface area contributed by atoms with Crippen LogP contribution in [0, 0.1) is 5.92 Å². The average Bonchev–Trinajstić information content (AvgIpc) is 3.96. The fraction of sp³-hybridized carbons (Fsp3) is 0.432. The van der Waals surface area contributed by atoms with Gasteiger partial charge in [-0.3, -0.25) is 38.4 Å². The van der Waals surface area contributed by atoms with Crippen molar-refractivity contribution >= 4 is 58.2 Å². The summed E-state index contributed by atoms with van der Waals surface area (Å²) in [5, 5.41) is 19.6. The van der Waals surface area contributed by atoms with E-state index < -0.39 is 78.1 Å². The molecule has 0 bridgehead atoms. The second kappa shape index (κ2) is 22.2. The highest BCUT2D eigenvalue weighted by Crippen LogP contribution is 2.24. The van der Waals surface area contributed by atoms with Gasteiger partial charge in [-0.15, -0.1) is 0 Å². The average molecular weight is 866 g/mol. The van der Waals surface area contributed by atoms with Gasteiger partial charge in [0.1, 0.15) is 30.2 Å². The lowest BCUT2D eigenvalue weighted by Gasteiger charge is -2.27. The van der Waals surface area contributed by atoms with E-state index in [1.807, 2.05) is 24.3 Å². The number of nitrogens with two attached hydrogens (primary N) is 1. The van der Waals surface area contributed by atoms with Gasteiger partial charge in [-0.25, -0.2) is 4.98 Å². The van der Waals surface area contributed by atoms with Crippen LogP contribution in [0.25, 0.3) is 10.9 Å². The molecular formula is C44H55N11O8. The Bertz CT molecular complexity index is 2240. The number of amides is 8. The van der Waals surface area contributed by atoms with E-state index in [1.165, 1.54) is 6.33 Å². The Kier molecular flexibility index (Phi) is 16.0. The summed E-state index contributed by atoms with van der Waals surface area (Å²) in [4.78, 5) is 119. The van der Waals surface area contributed by atoms with E-state index in [1.54, 1.807) is 42.7 Å². The largest absolute Gasteiger partial charge is 0.368 e. The van der Waals surface area contributed by atoms with E-state index in [0.29, 0.717) is 24.1 Å². The lowest BCUT2D eigenvalue weighted by Crippen LogP contribution is -2.58. The molecule has 8 amide bonds. The van der Waals surface area contributed by atoms with Crippen molar-refractivity contribution in [3.05, 3.63) is 90.1 Å².